The van der Waals surface area contributed by atoms with Crippen molar-refractivity contribution in [2.75, 3.05) is 31.1 Å². The molecule has 0 radical (unpaired) electrons. The van der Waals surface area contributed by atoms with Gasteiger partial charge in [0.1, 0.15) is 10.6 Å². The number of carbonyl (C=O) groups is 1. The van der Waals surface area contributed by atoms with E-state index in [1.165, 1.54) is 22.2 Å². The first-order valence-corrected chi connectivity index (χ1v) is 9.47. The quantitative estimate of drug-likeness (QED) is 0.698. The lowest BCUT2D eigenvalue weighted by molar-refractivity contribution is -0.131. The van der Waals surface area contributed by atoms with Crippen LogP contribution in [0.15, 0.2) is 47.0 Å². The van der Waals surface area contributed by atoms with Gasteiger partial charge in [-0.15, -0.1) is 11.3 Å². The van der Waals surface area contributed by atoms with E-state index < -0.39 is 0 Å². The van der Waals surface area contributed by atoms with E-state index in [0.717, 1.165) is 23.7 Å². The summed E-state index contributed by atoms with van der Waals surface area (Å²) in [5.74, 6) is 1.02. The highest BCUT2D eigenvalue weighted by atomic mass is 32.1. The lowest BCUT2D eigenvalue weighted by Gasteiger charge is -2.35. The molecule has 7 nitrogen and oxygen atoms in total. The van der Waals surface area contributed by atoms with Crippen molar-refractivity contribution in [2.24, 2.45) is 0 Å². The van der Waals surface area contributed by atoms with E-state index in [2.05, 4.69) is 14.9 Å². The van der Waals surface area contributed by atoms with E-state index in [1.807, 2.05) is 28.5 Å². The maximum atomic E-state index is 12.5. The Morgan fingerprint density at radius 3 is 2.73 bits per heavy atom. The Kier molecular flexibility index (Phi) is 4.66. The molecule has 4 heterocycles. The van der Waals surface area contributed by atoms with Gasteiger partial charge < -0.3 is 9.80 Å². The van der Waals surface area contributed by atoms with Crippen molar-refractivity contribution in [3.05, 3.63) is 52.5 Å². The van der Waals surface area contributed by atoms with Crippen LogP contribution in [0.25, 0.3) is 10.2 Å². The summed E-state index contributed by atoms with van der Waals surface area (Å²) in [6, 6.07) is 7.63. The van der Waals surface area contributed by atoms with Crippen molar-refractivity contribution >= 4 is 33.3 Å². The number of nitrogens with zero attached hydrogens (tertiary/aromatic N) is 5. The summed E-state index contributed by atoms with van der Waals surface area (Å²) in [4.78, 5) is 38.3. The number of anilines is 1. The minimum atomic E-state index is -0.0796. The van der Waals surface area contributed by atoms with Gasteiger partial charge in [-0.1, -0.05) is 6.07 Å². The van der Waals surface area contributed by atoms with Crippen LogP contribution in [0.2, 0.25) is 0 Å². The number of rotatable bonds is 4. The highest BCUT2D eigenvalue weighted by molar-refractivity contribution is 7.16. The maximum absolute atomic E-state index is 12.5. The summed E-state index contributed by atoms with van der Waals surface area (Å²) < 4.78 is 1.52. The van der Waals surface area contributed by atoms with Gasteiger partial charge in [0, 0.05) is 45.3 Å². The number of hydrogen-bond donors (Lipinski definition) is 0. The standard InChI is InChI=1S/C18H19N5O2S/c24-16(4-7-23-13-20-17-14(18(23)25)5-12-26-17)22-10-8-21(9-11-22)15-3-1-2-6-19-15/h1-3,5-6,12-13H,4,7-11H2. The Morgan fingerprint density at radius 2 is 1.96 bits per heavy atom. The number of amides is 1. The van der Waals surface area contributed by atoms with Crippen LogP contribution in [0.5, 0.6) is 0 Å². The first-order chi connectivity index (χ1) is 12.7. The van der Waals surface area contributed by atoms with Crippen LogP contribution in [0.1, 0.15) is 6.42 Å². The molecule has 0 aromatic carbocycles. The molecule has 0 unspecified atom stereocenters. The average Bonchev–Trinajstić information content (AvgIpc) is 3.18. The van der Waals surface area contributed by atoms with Gasteiger partial charge in [0.2, 0.25) is 5.91 Å². The van der Waals surface area contributed by atoms with Gasteiger partial charge in [0.15, 0.2) is 0 Å². The summed E-state index contributed by atoms with van der Waals surface area (Å²) >= 11 is 1.45. The van der Waals surface area contributed by atoms with E-state index in [9.17, 15) is 9.59 Å². The highest BCUT2D eigenvalue weighted by Gasteiger charge is 2.21. The van der Waals surface area contributed by atoms with Crippen LogP contribution < -0.4 is 10.5 Å². The van der Waals surface area contributed by atoms with E-state index in [0.29, 0.717) is 31.4 Å². The largest absolute Gasteiger partial charge is 0.353 e. The molecule has 0 aliphatic carbocycles. The summed E-state index contributed by atoms with van der Waals surface area (Å²) in [6.07, 6.45) is 3.62. The number of thiophene rings is 1. The molecule has 1 aliphatic rings. The second-order valence-corrected chi connectivity index (χ2v) is 7.08. The van der Waals surface area contributed by atoms with Crippen LogP contribution in [0, 0.1) is 0 Å². The Hall–Kier alpha value is -2.74. The van der Waals surface area contributed by atoms with Crippen LogP contribution in [-0.2, 0) is 11.3 Å². The monoisotopic (exact) mass is 369 g/mol. The molecular formula is C18H19N5O2S. The molecule has 0 bridgehead atoms. The number of aromatic nitrogens is 3. The fourth-order valence-corrected chi connectivity index (χ4v) is 3.88. The van der Waals surface area contributed by atoms with Crippen molar-refractivity contribution in [3.63, 3.8) is 0 Å². The smallest absolute Gasteiger partial charge is 0.262 e. The highest BCUT2D eigenvalue weighted by Crippen LogP contribution is 2.14. The van der Waals surface area contributed by atoms with Gasteiger partial charge in [0.05, 0.1) is 11.7 Å². The van der Waals surface area contributed by atoms with E-state index in [1.54, 1.807) is 12.3 Å². The third-order valence-electron chi connectivity index (χ3n) is 4.62. The topological polar surface area (TPSA) is 71.3 Å². The molecule has 0 spiro atoms. The predicted octanol–water partition coefficient (Wildman–Crippen LogP) is 1.59. The van der Waals surface area contributed by atoms with Crippen molar-refractivity contribution in [3.8, 4) is 0 Å². The van der Waals surface area contributed by atoms with Gasteiger partial charge in [-0.25, -0.2) is 9.97 Å². The van der Waals surface area contributed by atoms with Crippen LogP contribution >= 0.6 is 11.3 Å². The summed E-state index contributed by atoms with van der Waals surface area (Å²) in [5.41, 5.74) is -0.0796. The Bertz CT molecular complexity index is 960. The van der Waals surface area contributed by atoms with Crippen molar-refractivity contribution in [1.82, 2.24) is 19.4 Å². The zero-order valence-electron chi connectivity index (χ0n) is 14.2. The molecule has 134 valence electrons. The van der Waals surface area contributed by atoms with E-state index >= 15 is 0 Å². The number of hydrogen-bond acceptors (Lipinski definition) is 6. The number of pyridine rings is 1. The molecule has 3 aromatic rings. The zero-order valence-corrected chi connectivity index (χ0v) is 15.1. The first kappa shape index (κ1) is 16.7. The molecule has 0 saturated carbocycles. The molecule has 1 aliphatic heterocycles. The fraction of sp³-hybridized carbons (Fsp3) is 0.333. The minimum absolute atomic E-state index is 0.0722. The molecule has 26 heavy (non-hydrogen) atoms. The molecular weight excluding hydrogens is 350 g/mol. The Labute approximate surface area is 154 Å². The van der Waals surface area contributed by atoms with Crippen LogP contribution in [0.4, 0.5) is 5.82 Å². The average molecular weight is 369 g/mol. The zero-order chi connectivity index (χ0) is 17.9. The van der Waals surface area contributed by atoms with E-state index in [-0.39, 0.29) is 11.5 Å². The SMILES string of the molecule is O=C(CCn1cnc2sccc2c1=O)N1CCN(c2ccccn2)CC1. The minimum Gasteiger partial charge on any atom is -0.353 e. The Balaban J connectivity index is 1.34. The first-order valence-electron chi connectivity index (χ1n) is 8.59. The summed E-state index contributed by atoms with van der Waals surface area (Å²) in [5, 5.41) is 2.48. The van der Waals surface area contributed by atoms with Gasteiger partial charge >= 0.3 is 0 Å². The summed E-state index contributed by atoms with van der Waals surface area (Å²) in [6.45, 7) is 3.24. The van der Waals surface area contributed by atoms with E-state index in [4.69, 9.17) is 0 Å². The molecule has 1 saturated heterocycles. The number of fused-ring (bicyclic) bond motifs is 1. The van der Waals surface area contributed by atoms with Crippen LogP contribution in [0.3, 0.4) is 0 Å². The number of carbonyl (C=O) groups excluding carboxylic acids is 1. The van der Waals surface area contributed by atoms with Crippen molar-refractivity contribution < 1.29 is 4.79 Å². The normalized spacial score (nSPS) is 14.8. The van der Waals surface area contributed by atoms with Gasteiger partial charge in [-0.2, -0.15) is 0 Å². The fourth-order valence-electron chi connectivity index (χ4n) is 3.15. The molecule has 0 atom stereocenters. The Morgan fingerprint density at radius 1 is 1.12 bits per heavy atom. The second-order valence-electron chi connectivity index (χ2n) is 6.19. The molecule has 1 fully saturated rings. The van der Waals surface area contributed by atoms with Crippen molar-refractivity contribution in [2.45, 2.75) is 13.0 Å². The van der Waals surface area contributed by atoms with Gasteiger partial charge in [-0.3, -0.25) is 14.2 Å². The van der Waals surface area contributed by atoms with Crippen molar-refractivity contribution in [1.29, 1.82) is 0 Å². The van der Waals surface area contributed by atoms with Crippen LogP contribution in [-0.4, -0.2) is 51.5 Å². The third-order valence-corrected chi connectivity index (χ3v) is 5.44. The molecule has 1 amide bonds. The molecule has 4 rings (SSSR count). The maximum Gasteiger partial charge on any atom is 0.262 e. The molecule has 8 heteroatoms. The lowest BCUT2D eigenvalue weighted by Crippen LogP contribution is -2.49. The summed E-state index contributed by atoms with van der Waals surface area (Å²) in [7, 11) is 0. The molecule has 3 aromatic heterocycles. The lowest BCUT2D eigenvalue weighted by atomic mass is 10.2. The third kappa shape index (κ3) is 3.32. The number of piperazine rings is 1. The second kappa shape index (κ2) is 7.25. The van der Waals surface area contributed by atoms with Gasteiger partial charge in [-0.05, 0) is 23.6 Å². The molecule has 0 N–H and O–H groups in total. The van der Waals surface area contributed by atoms with Gasteiger partial charge in [0.25, 0.3) is 5.56 Å². The number of aryl methyl sites for hydroxylation is 1. The predicted molar refractivity (Wildman–Crippen MR) is 102 cm³/mol.